The summed E-state index contributed by atoms with van der Waals surface area (Å²) in [4.78, 5) is 26.3. The van der Waals surface area contributed by atoms with Crippen LogP contribution in [-0.4, -0.2) is 45.1 Å². The molecule has 0 aliphatic carbocycles. The summed E-state index contributed by atoms with van der Waals surface area (Å²) < 4.78 is 31.2. The third-order valence-corrected chi connectivity index (χ3v) is 7.78. The van der Waals surface area contributed by atoms with Crippen molar-refractivity contribution in [3.05, 3.63) is 59.1 Å². The summed E-state index contributed by atoms with van der Waals surface area (Å²) in [7, 11) is -3.81. The second-order valence-corrected chi connectivity index (χ2v) is 10.3. The summed E-state index contributed by atoms with van der Waals surface area (Å²) in [6, 6.07) is 10.9. The van der Waals surface area contributed by atoms with Gasteiger partial charge in [-0.1, -0.05) is 23.7 Å². The molecule has 1 aliphatic rings. The second-order valence-electron chi connectivity index (χ2n) is 6.99. The van der Waals surface area contributed by atoms with Gasteiger partial charge in [-0.2, -0.15) is 0 Å². The number of urea groups is 1. The van der Waals surface area contributed by atoms with Gasteiger partial charge in [-0.15, -0.1) is 11.8 Å². The lowest BCUT2D eigenvalue weighted by Gasteiger charge is -2.38. The average molecular weight is 483 g/mol. The van der Waals surface area contributed by atoms with E-state index in [4.69, 9.17) is 16.3 Å². The zero-order chi connectivity index (χ0) is 22.6. The highest BCUT2D eigenvalue weighted by molar-refractivity contribution is 7.98. The molecule has 166 valence electrons. The van der Waals surface area contributed by atoms with Crippen molar-refractivity contribution in [2.45, 2.75) is 28.8 Å². The summed E-state index contributed by atoms with van der Waals surface area (Å²) in [5.74, 6) is -1.96. The highest BCUT2D eigenvalue weighted by atomic mass is 35.5. The van der Waals surface area contributed by atoms with Crippen LogP contribution in [0.25, 0.3) is 0 Å². The lowest BCUT2D eigenvalue weighted by atomic mass is 9.86. The van der Waals surface area contributed by atoms with Gasteiger partial charge in [-0.3, -0.25) is 4.79 Å². The van der Waals surface area contributed by atoms with E-state index in [-0.39, 0.29) is 11.5 Å². The minimum atomic E-state index is -3.81. The minimum absolute atomic E-state index is 0.0631. The molecule has 7 nitrogen and oxygen atoms in total. The van der Waals surface area contributed by atoms with Gasteiger partial charge in [0.1, 0.15) is 5.92 Å². The number of ether oxygens (including phenoxy) is 1. The van der Waals surface area contributed by atoms with Crippen LogP contribution in [0.15, 0.2) is 58.3 Å². The lowest BCUT2D eigenvalue weighted by molar-refractivity contribution is -0.150. The third-order valence-electron chi connectivity index (χ3n) is 5.00. The smallest absolute Gasteiger partial charge is 0.315 e. The summed E-state index contributed by atoms with van der Waals surface area (Å²) in [6.07, 6.45) is 1.94. The number of hydrogen-bond donors (Lipinski definition) is 2. The largest absolute Gasteiger partial charge is 0.466 e. The zero-order valence-corrected chi connectivity index (χ0v) is 19.4. The van der Waals surface area contributed by atoms with Crippen LogP contribution in [0, 0.1) is 5.92 Å². The highest BCUT2D eigenvalue weighted by Crippen LogP contribution is 2.32. The second kappa shape index (κ2) is 9.93. The predicted octanol–water partition coefficient (Wildman–Crippen LogP) is 3.44. The maximum atomic E-state index is 13.0. The normalized spacial score (nSPS) is 21.1. The van der Waals surface area contributed by atoms with Gasteiger partial charge in [0, 0.05) is 9.92 Å². The number of amides is 2. The topological polar surface area (TPSA) is 102 Å². The molecule has 1 aliphatic heterocycles. The first-order valence-electron chi connectivity index (χ1n) is 9.61. The Morgan fingerprint density at radius 1 is 1.10 bits per heavy atom. The van der Waals surface area contributed by atoms with Crippen molar-refractivity contribution in [1.29, 1.82) is 0 Å². The quantitative estimate of drug-likeness (QED) is 0.463. The number of hydrogen-bond acceptors (Lipinski definition) is 6. The predicted molar refractivity (Wildman–Crippen MR) is 120 cm³/mol. The van der Waals surface area contributed by atoms with Crippen LogP contribution in [0.1, 0.15) is 18.5 Å². The fraction of sp³-hybridized carbons (Fsp3) is 0.333. The molecule has 0 radical (unpaired) electrons. The molecule has 0 spiro atoms. The number of thioether (sulfide) groups is 1. The van der Waals surface area contributed by atoms with E-state index < -0.39 is 45.6 Å². The molecule has 0 saturated carbocycles. The first kappa shape index (κ1) is 23.4. The molecule has 31 heavy (non-hydrogen) atoms. The van der Waals surface area contributed by atoms with Crippen LogP contribution >= 0.6 is 23.4 Å². The van der Waals surface area contributed by atoms with Crippen molar-refractivity contribution in [1.82, 2.24) is 10.6 Å². The lowest BCUT2D eigenvalue weighted by Crippen LogP contribution is -2.60. The SMILES string of the molecule is CCOC(=O)C1C(CS(=O)(=O)c2ccc(Cl)cc2)NC(=O)NC1c1ccc(SC)cc1. The van der Waals surface area contributed by atoms with Crippen LogP contribution in [0.3, 0.4) is 0 Å². The molecule has 3 unspecified atom stereocenters. The Morgan fingerprint density at radius 2 is 1.74 bits per heavy atom. The molecule has 1 saturated heterocycles. The summed E-state index contributed by atoms with van der Waals surface area (Å²) in [5.41, 5.74) is 0.694. The van der Waals surface area contributed by atoms with E-state index in [0.717, 1.165) is 4.90 Å². The molecule has 3 rings (SSSR count). The van der Waals surface area contributed by atoms with Crippen LogP contribution in [-0.2, 0) is 19.4 Å². The van der Waals surface area contributed by atoms with Crippen LogP contribution in [0.5, 0.6) is 0 Å². The van der Waals surface area contributed by atoms with Crippen LogP contribution in [0.4, 0.5) is 4.79 Å². The van der Waals surface area contributed by atoms with E-state index in [1.54, 1.807) is 18.7 Å². The molecule has 2 N–H and O–H groups in total. The molecule has 2 aromatic carbocycles. The molecule has 10 heteroatoms. The van der Waals surface area contributed by atoms with E-state index in [0.29, 0.717) is 10.6 Å². The monoisotopic (exact) mass is 482 g/mol. The zero-order valence-electron chi connectivity index (χ0n) is 17.0. The molecule has 3 atom stereocenters. The Labute approximate surface area is 190 Å². The Kier molecular flexibility index (Phi) is 7.51. The number of sulfone groups is 1. The molecular formula is C21H23ClN2O5S2. The molecule has 2 amide bonds. The van der Waals surface area contributed by atoms with E-state index in [1.807, 2.05) is 30.5 Å². The van der Waals surface area contributed by atoms with Crippen molar-refractivity contribution in [2.75, 3.05) is 18.6 Å². The van der Waals surface area contributed by atoms with Gasteiger partial charge in [0.15, 0.2) is 9.84 Å². The number of carbonyl (C=O) groups excluding carboxylic acids is 2. The number of carbonyl (C=O) groups is 2. The molecular weight excluding hydrogens is 460 g/mol. The van der Waals surface area contributed by atoms with Crippen molar-refractivity contribution in [2.24, 2.45) is 5.92 Å². The first-order chi connectivity index (χ1) is 14.7. The Bertz CT molecular complexity index is 1040. The Balaban J connectivity index is 1.96. The van der Waals surface area contributed by atoms with Crippen molar-refractivity contribution < 1.29 is 22.7 Å². The van der Waals surface area contributed by atoms with E-state index >= 15 is 0 Å². The molecule has 2 aromatic rings. The number of esters is 1. The van der Waals surface area contributed by atoms with Gasteiger partial charge in [0.05, 0.1) is 29.3 Å². The Morgan fingerprint density at radius 3 is 2.32 bits per heavy atom. The van der Waals surface area contributed by atoms with Crippen molar-refractivity contribution >= 4 is 45.2 Å². The van der Waals surface area contributed by atoms with Gasteiger partial charge in [-0.25, -0.2) is 13.2 Å². The Hall–Kier alpha value is -2.23. The van der Waals surface area contributed by atoms with Gasteiger partial charge >= 0.3 is 12.0 Å². The van der Waals surface area contributed by atoms with Crippen LogP contribution in [0.2, 0.25) is 5.02 Å². The van der Waals surface area contributed by atoms with E-state index in [2.05, 4.69) is 10.6 Å². The van der Waals surface area contributed by atoms with Gasteiger partial charge in [-0.05, 0) is 55.1 Å². The van der Waals surface area contributed by atoms with Crippen molar-refractivity contribution in [3.8, 4) is 0 Å². The van der Waals surface area contributed by atoms with Gasteiger partial charge in [0.2, 0.25) is 0 Å². The fourth-order valence-corrected chi connectivity index (χ4v) is 5.56. The first-order valence-corrected chi connectivity index (χ1v) is 12.9. The minimum Gasteiger partial charge on any atom is -0.466 e. The summed E-state index contributed by atoms with van der Waals surface area (Å²) in [5, 5.41) is 5.77. The van der Waals surface area contributed by atoms with Gasteiger partial charge < -0.3 is 15.4 Å². The van der Waals surface area contributed by atoms with Crippen LogP contribution < -0.4 is 10.6 Å². The molecule has 0 bridgehead atoms. The average Bonchev–Trinajstić information content (AvgIpc) is 2.73. The van der Waals surface area contributed by atoms with E-state index in [1.165, 1.54) is 24.3 Å². The molecule has 1 heterocycles. The number of nitrogens with one attached hydrogen (secondary N) is 2. The molecule has 1 fully saturated rings. The summed E-state index contributed by atoms with van der Waals surface area (Å²) >= 11 is 7.42. The van der Waals surface area contributed by atoms with E-state index in [9.17, 15) is 18.0 Å². The molecule has 0 aromatic heterocycles. The fourth-order valence-electron chi connectivity index (χ4n) is 3.52. The number of halogens is 1. The maximum absolute atomic E-state index is 13.0. The third kappa shape index (κ3) is 5.53. The van der Waals surface area contributed by atoms with Crippen molar-refractivity contribution in [3.63, 3.8) is 0 Å². The summed E-state index contributed by atoms with van der Waals surface area (Å²) in [6.45, 7) is 1.81. The standard InChI is InChI=1S/C21H23ClN2O5S2/c1-3-29-20(25)18-17(12-31(27,28)16-10-6-14(22)7-11-16)23-21(26)24-19(18)13-4-8-15(30-2)9-5-13/h4-11,17-19H,3,12H2,1-2H3,(H2,23,24,26). The highest BCUT2D eigenvalue weighted by Gasteiger charge is 2.44. The van der Waals surface area contributed by atoms with Gasteiger partial charge in [0.25, 0.3) is 0 Å². The maximum Gasteiger partial charge on any atom is 0.315 e. The number of rotatable bonds is 7. The number of benzene rings is 2.